The number of benzene rings is 2. The minimum atomic E-state index is -0.876. The smallest absolute Gasteiger partial charge is 0.303 e. The van der Waals surface area contributed by atoms with Gasteiger partial charge in [-0.1, -0.05) is 18.2 Å². The second kappa shape index (κ2) is 7.91. The number of aliphatic hydroxyl groups excluding tert-OH is 1. The van der Waals surface area contributed by atoms with Crippen LogP contribution in [0.4, 0.5) is 5.69 Å². The Kier molecular flexibility index (Phi) is 5.57. The highest BCUT2D eigenvalue weighted by molar-refractivity contribution is 5.66. The molecule has 2 atom stereocenters. The number of nitriles is 1. The summed E-state index contributed by atoms with van der Waals surface area (Å²) >= 11 is 0. The first kappa shape index (κ1) is 19.7. The van der Waals surface area contributed by atoms with E-state index in [1.807, 2.05) is 49.1 Å². The van der Waals surface area contributed by atoms with Gasteiger partial charge < -0.3 is 19.8 Å². The highest BCUT2D eigenvalue weighted by Crippen LogP contribution is 2.44. The molecule has 2 aromatic carbocycles. The van der Waals surface area contributed by atoms with Crippen molar-refractivity contribution in [2.45, 2.75) is 44.4 Å². The third-order valence-electron chi connectivity index (χ3n) is 5.06. The van der Waals surface area contributed by atoms with E-state index < -0.39 is 23.7 Å². The fraction of sp³-hybridized carbons (Fsp3) is 0.364. The first-order chi connectivity index (χ1) is 13.3. The fourth-order valence-electron chi connectivity index (χ4n) is 3.62. The summed E-state index contributed by atoms with van der Waals surface area (Å²) in [6.07, 6.45) is -0.405. The second-order valence-corrected chi connectivity index (χ2v) is 7.49. The Balaban J connectivity index is 2.09. The Morgan fingerprint density at radius 1 is 1.25 bits per heavy atom. The van der Waals surface area contributed by atoms with E-state index in [0.29, 0.717) is 24.3 Å². The van der Waals surface area contributed by atoms with Gasteiger partial charge in [-0.2, -0.15) is 5.26 Å². The molecule has 6 nitrogen and oxygen atoms in total. The zero-order chi connectivity index (χ0) is 20.3. The van der Waals surface area contributed by atoms with E-state index in [1.165, 1.54) is 0 Å². The molecule has 0 aromatic heterocycles. The molecule has 146 valence electrons. The molecular formula is C22H24N2O4. The maximum absolute atomic E-state index is 11.2. The van der Waals surface area contributed by atoms with Gasteiger partial charge in [0.05, 0.1) is 17.7 Å². The lowest BCUT2D eigenvalue weighted by molar-refractivity contribution is -0.137. The van der Waals surface area contributed by atoms with Gasteiger partial charge in [0.2, 0.25) is 0 Å². The first-order valence-corrected chi connectivity index (χ1v) is 9.28. The SMILES string of the molecule is CC1(C)Oc2ccc(C#N)cc2[C@@H](N(CCCC(=O)O)c2ccccc2)[C@@H]1O. The number of aliphatic hydroxyl groups is 1. The van der Waals surface area contributed by atoms with Crippen LogP contribution in [0.5, 0.6) is 5.75 Å². The molecule has 3 rings (SSSR count). The quantitative estimate of drug-likeness (QED) is 0.797. The minimum absolute atomic E-state index is 0.0388. The van der Waals surface area contributed by atoms with Gasteiger partial charge in [0.25, 0.3) is 0 Å². The number of carboxylic acids is 1. The molecule has 1 aliphatic heterocycles. The Morgan fingerprint density at radius 3 is 2.61 bits per heavy atom. The molecule has 0 saturated carbocycles. The standard InChI is InChI=1S/C22H24N2O4/c1-22(2)21(27)20(17-13-15(14-23)10-11-18(17)28-22)24(12-6-9-19(25)26)16-7-4-3-5-8-16/h3-5,7-8,10-11,13,20-21,27H,6,9,12H2,1-2H3,(H,25,26)/t20-,21+/m1/s1. The van der Waals surface area contributed by atoms with Crippen LogP contribution < -0.4 is 9.64 Å². The lowest BCUT2D eigenvalue weighted by Gasteiger charge is -2.47. The number of para-hydroxylation sites is 1. The van der Waals surface area contributed by atoms with Crippen molar-refractivity contribution in [2.24, 2.45) is 0 Å². The zero-order valence-corrected chi connectivity index (χ0v) is 16.0. The Morgan fingerprint density at radius 2 is 1.96 bits per heavy atom. The summed E-state index contributed by atoms with van der Waals surface area (Å²) in [6, 6.07) is 16.5. The van der Waals surface area contributed by atoms with E-state index in [1.54, 1.807) is 18.2 Å². The monoisotopic (exact) mass is 380 g/mol. The molecule has 0 fully saturated rings. The summed E-state index contributed by atoms with van der Waals surface area (Å²) in [7, 11) is 0. The van der Waals surface area contributed by atoms with Crippen LogP contribution in [-0.4, -0.2) is 34.4 Å². The van der Waals surface area contributed by atoms with E-state index in [0.717, 1.165) is 11.3 Å². The van der Waals surface area contributed by atoms with Crippen LogP contribution in [0.2, 0.25) is 0 Å². The third kappa shape index (κ3) is 3.95. The van der Waals surface area contributed by atoms with Gasteiger partial charge in [0.15, 0.2) is 0 Å². The number of hydrogen-bond acceptors (Lipinski definition) is 5. The Bertz CT molecular complexity index is 889. The first-order valence-electron chi connectivity index (χ1n) is 9.28. The van der Waals surface area contributed by atoms with Crippen LogP contribution in [0, 0.1) is 11.3 Å². The molecule has 2 aromatic rings. The van der Waals surface area contributed by atoms with Gasteiger partial charge >= 0.3 is 5.97 Å². The van der Waals surface area contributed by atoms with Crippen molar-refractivity contribution in [3.63, 3.8) is 0 Å². The molecule has 1 aliphatic rings. The number of aliphatic carboxylic acids is 1. The van der Waals surface area contributed by atoms with Gasteiger partial charge in [0, 0.05) is 24.2 Å². The van der Waals surface area contributed by atoms with Crippen molar-refractivity contribution in [2.75, 3.05) is 11.4 Å². The minimum Gasteiger partial charge on any atom is -0.485 e. The van der Waals surface area contributed by atoms with E-state index >= 15 is 0 Å². The molecule has 0 unspecified atom stereocenters. The molecule has 0 bridgehead atoms. The van der Waals surface area contributed by atoms with Crippen LogP contribution in [0.1, 0.15) is 43.9 Å². The highest BCUT2D eigenvalue weighted by Gasteiger charge is 2.45. The molecule has 0 radical (unpaired) electrons. The van der Waals surface area contributed by atoms with Gasteiger partial charge in [-0.25, -0.2) is 0 Å². The van der Waals surface area contributed by atoms with Crippen molar-refractivity contribution < 1.29 is 19.7 Å². The molecule has 0 aliphatic carbocycles. The highest BCUT2D eigenvalue weighted by atomic mass is 16.5. The topological polar surface area (TPSA) is 93.8 Å². The predicted octanol–water partition coefficient (Wildman–Crippen LogP) is 3.50. The summed E-state index contributed by atoms with van der Waals surface area (Å²) in [5.41, 5.74) is 1.25. The molecule has 0 spiro atoms. The van der Waals surface area contributed by atoms with Gasteiger partial charge in [-0.15, -0.1) is 0 Å². The van der Waals surface area contributed by atoms with Crippen LogP contribution in [0.15, 0.2) is 48.5 Å². The molecule has 6 heteroatoms. The molecule has 0 saturated heterocycles. The largest absolute Gasteiger partial charge is 0.485 e. The fourth-order valence-corrected chi connectivity index (χ4v) is 3.62. The van der Waals surface area contributed by atoms with Crippen molar-refractivity contribution in [3.8, 4) is 11.8 Å². The van der Waals surface area contributed by atoms with E-state index in [4.69, 9.17) is 9.84 Å². The third-order valence-corrected chi connectivity index (χ3v) is 5.06. The average molecular weight is 380 g/mol. The van der Waals surface area contributed by atoms with E-state index in [2.05, 4.69) is 6.07 Å². The molecule has 2 N–H and O–H groups in total. The summed E-state index contributed by atoms with van der Waals surface area (Å²) < 4.78 is 6.01. The average Bonchev–Trinajstić information content (AvgIpc) is 2.67. The van der Waals surface area contributed by atoms with Crippen molar-refractivity contribution in [3.05, 3.63) is 59.7 Å². The molecule has 1 heterocycles. The second-order valence-electron chi connectivity index (χ2n) is 7.49. The summed E-state index contributed by atoms with van der Waals surface area (Å²) in [4.78, 5) is 13.0. The predicted molar refractivity (Wildman–Crippen MR) is 105 cm³/mol. The Hall–Kier alpha value is -3.04. The number of ether oxygens (including phenoxy) is 1. The number of rotatable bonds is 6. The number of carboxylic acid groups (broad SMARTS) is 1. The van der Waals surface area contributed by atoms with Crippen molar-refractivity contribution >= 4 is 11.7 Å². The van der Waals surface area contributed by atoms with Gasteiger partial charge in [-0.05, 0) is 50.6 Å². The molecular weight excluding hydrogens is 356 g/mol. The summed E-state index contributed by atoms with van der Waals surface area (Å²) in [5, 5.41) is 29.5. The number of carbonyl (C=O) groups is 1. The lowest BCUT2D eigenvalue weighted by atomic mass is 9.84. The summed E-state index contributed by atoms with van der Waals surface area (Å²) in [6.45, 7) is 4.10. The Labute approximate surface area is 164 Å². The number of nitrogens with zero attached hydrogens (tertiary/aromatic N) is 2. The van der Waals surface area contributed by atoms with Gasteiger partial charge in [-0.3, -0.25) is 4.79 Å². The number of hydrogen-bond donors (Lipinski definition) is 2. The number of anilines is 1. The molecule has 0 amide bonds. The maximum atomic E-state index is 11.2. The van der Waals surface area contributed by atoms with Crippen LogP contribution in [0.3, 0.4) is 0 Å². The maximum Gasteiger partial charge on any atom is 0.303 e. The lowest BCUT2D eigenvalue weighted by Crippen LogP contribution is -2.54. The zero-order valence-electron chi connectivity index (χ0n) is 16.0. The van der Waals surface area contributed by atoms with E-state index in [-0.39, 0.29) is 6.42 Å². The normalized spacial score (nSPS) is 19.8. The van der Waals surface area contributed by atoms with Crippen LogP contribution >= 0.6 is 0 Å². The molecule has 28 heavy (non-hydrogen) atoms. The van der Waals surface area contributed by atoms with Crippen LogP contribution in [-0.2, 0) is 4.79 Å². The van der Waals surface area contributed by atoms with Crippen LogP contribution in [0.25, 0.3) is 0 Å². The van der Waals surface area contributed by atoms with Crippen molar-refractivity contribution in [1.82, 2.24) is 0 Å². The van der Waals surface area contributed by atoms with Crippen molar-refractivity contribution in [1.29, 1.82) is 5.26 Å². The van der Waals surface area contributed by atoms with Gasteiger partial charge in [0.1, 0.15) is 17.5 Å². The summed E-state index contributed by atoms with van der Waals surface area (Å²) in [5.74, 6) is -0.230. The van der Waals surface area contributed by atoms with E-state index in [9.17, 15) is 15.2 Å². The number of fused-ring (bicyclic) bond motifs is 1.